The van der Waals surface area contributed by atoms with Gasteiger partial charge in [-0.3, -0.25) is 4.79 Å². The first kappa shape index (κ1) is 21.9. The number of benzene rings is 2. The minimum atomic E-state index is -0.459. The van der Waals surface area contributed by atoms with Crippen LogP contribution in [-0.2, 0) is 4.79 Å². The number of methoxy groups -OCH3 is 1. The highest BCUT2D eigenvalue weighted by Crippen LogP contribution is 2.31. The number of nitrogens with zero attached hydrogens (tertiary/aromatic N) is 4. The second-order valence-electron chi connectivity index (χ2n) is 7.15. The number of rotatable bonds is 7. The number of ether oxygens (including phenoxy) is 1. The molecule has 0 aliphatic carbocycles. The molecule has 32 heavy (non-hydrogen) atoms. The number of carbonyl (C=O) groups excluding carboxylic acids is 1. The van der Waals surface area contributed by atoms with Gasteiger partial charge in [0.25, 0.3) is 0 Å². The van der Waals surface area contributed by atoms with Gasteiger partial charge < -0.3 is 19.9 Å². The molecule has 1 aliphatic heterocycles. The number of hydrogen-bond acceptors (Lipinski definition) is 7. The van der Waals surface area contributed by atoms with Crippen molar-refractivity contribution in [3.63, 3.8) is 0 Å². The Bertz CT molecular complexity index is 1080. The van der Waals surface area contributed by atoms with Gasteiger partial charge in [-0.15, -0.1) is 0 Å². The Balaban J connectivity index is 1.37. The second-order valence-corrected chi connectivity index (χ2v) is 8.11. The highest BCUT2D eigenvalue weighted by Gasteiger charge is 2.23. The second kappa shape index (κ2) is 10.3. The number of halogens is 1. The van der Waals surface area contributed by atoms with Crippen molar-refractivity contribution in [1.82, 2.24) is 9.97 Å². The molecule has 1 aromatic heterocycles. The Morgan fingerprint density at radius 1 is 1.03 bits per heavy atom. The van der Waals surface area contributed by atoms with Crippen molar-refractivity contribution in [3.05, 3.63) is 66.7 Å². The van der Waals surface area contributed by atoms with Gasteiger partial charge in [0.05, 0.1) is 24.2 Å². The molecule has 1 fully saturated rings. The van der Waals surface area contributed by atoms with Crippen LogP contribution in [0.5, 0.6) is 5.75 Å². The number of carbonyl (C=O) groups is 1. The van der Waals surface area contributed by atoms with Gasteiger partial charge in [-0.1, -0.05) is 36.0 Å². The van der Waals surface area contributed by atoms with Crippen LogP contribution in [-0.4, -0.2) is 54.9 Å². The lowest BCUT2D eigenvalue weighted by atomic mass is 10.2. The molecule has 7 nitrogen and oxygen atoms in total. The van der Waals surface area contributed by atoms with Crippen LogP contribution in [0, 0.1) is 5.82 Å². The van der Waals surface area contributed by atoms with Crippen molar-refractivity contribution in [3.8, 4) is 5.75 Å². The number of thioether (sulfide) groups is 1. The smallest absolute Gasteiger partial charge is 0.234 e. The van der Waals surface area contributed by atoms with Crippen LogP contribution in [0.2, 0.25) is 0 Å². The molecule has 1 aliphatic rings. The topological polar surface area (TPSA) is 70.6 Å². The largest absolute Gasteiger partial charge is 0.495 e. The quantitative estimate of drug-likeness (QED) is 0.547. The fourth-order valence-electron chi connectivity index (χ4n) is 3.57. The Labute approximate surface area is 190 Å². The lowest BCUT2D eigenvalue weighted by Gasteiger charge is -2.37. The third kappa shape index (κ3) is 5.11. The summed E-state index contributed by atoms with van der Waals surface area (Å²) in [4.78, 5) is 25.7. The maximum Gasteiger partial charge on any atom is 0.234 e. The number of aromatic nitrogens is 2. The molecule has 1 saturated heterocycles. The molecule has 0 saturated carbocycles. The molecular weight excluding hydrogens is 429 g/mol. The van der Waals surface area contributed by atoms with E-state index in [2.05, 4.69) is 31.2 Å². The van der Waals surface area contributed by atoms with Crippen molar-refractivity contribution >= 4 is 34.9 Å². The number of piperazine rings is 1. The normalized spacial score (nSPS) is 13.7. The van der Waals surface area contributed by atoms with Gasteiger partial charge >= 0.3 is 0 Å². The monoisotopic (exact) mass is 453 g/mol. The first-order valence-corrected chi connectivity index (χ1v) is 11.3. The minimum Gasteiger partial charge on any atom is -0.495 e. The zero-order chi connectivity index (χ0) is 22.3. The predicted molar refractivity (Wildman–Crippen MR) is 125 cm³/mol. The van der Waals surface area contributed by atoms with Gasteiger partial charge in [0, 0.05) is 38.6 Å². The zero-order valence-electron chi connectivity index (χ0n) is 17.7. The molecule has 0 spiro atoms. The Kier molecular flexibility index (Phi) is 7.06. The maximum atomic E-state index is 13.8. The molecule has 1 N–H and O–H groups in total. The molecule has 4 rings (SSSR count). The van der Waals surface area contributed by atoms with Gasteiger partial charge in [-0.05, 0) is 24.3 Å². The lowest BCUT2D eigenvalue weighted by Crippen LogP contribution is -2.47. The molecule has 2 heterocycles. The number of nitrogens with one attached hydrogen (secondary N) is 1. The highest BCUT2D eigenvalue weighted by molar-refractivity contribution is 8.00. The van der Waals surface area contributed by atoms with Crippen molar-refractivity contribution in [2.24, 2.45) is 0 Å². The molecule has 9 heteroatoms. The van der Waals surface area contributed by atoms with Crippen LogP contribution in [0.4, 0.5) is 21.6 Å². The van der Waals surface area contributed by atoms with E-state index in [9.17, 15) is 9.18 Å². The standard InChI is InChI=1S/C23H24FN5O2S/c1-31-20-9-5-4-8-19(20)28-12-14-29(15-13-28)22-23(26-11-10-25-22)32-16-21(30)27-18-7-3-2-6-17(18)24/h2-11H,12-16H2,1H3,(H,27,30). The number of hydrogen-bond donors (Lipinski definition) is 1. The fraction of sp³-hybridized carbons (Fsp3) is 0.261. The van der Waals surface area contributed by atoms with E-state index >= 15 is 0 Å². The summed E-state index contributed by atoms with van der Waals surface area (Å²) < 4.78 is 19.3. The molecular formula is C23H24FN5O2S. The third-order valence-corrected chi connectivity index (χ3v) is 6.11. The number of amides is 1. The first-order chi connectivity index (χ1) is 15.7. The molecule has 3 aromatic rings. The molecule has 166 valence electrons. The Hall–Kier alpha value is -3.33. The van der Waals surface area contributed by atoms with Gasteiger partial charge in [0.1, 0.15) is 16.6 Å². The Morgan fingerprint density at radius 3 is 2.50 bits per heavy atom. The Morgan fingerprint density at radius 2 is 1.72 bits per heavy atom. The van der Waals surface area contributed by atoms with Crippen LogP contribution in [0.25, 0.3) is 0 Å². The first-order valence-electron chi connectivity index (χ1n) is 10.3. The van der Waals surface area contributed by atoms with Crippen LogP contribution in [0.1, 0.15) is 0 Å². The average molecular weight is 454 g/mol. The van der Waals surface area contributed by atoms with E-state index in [4.69, 9.17) is 4.74 Å². The van der Waals surface area contributed by atoms with E-state index in [1.165, 1.54) is 23.9 Å². The average Bonchev–Trinajstić information content (AvgIpc) is 2.84. The van der Waals surface area contributed by atoms with Crippen LogP contribution in [0.15, 0.2) is 66.0 Å². The van der Waals surface area contributed by atoms with Gasteiger partial charge in [-0.25, -0.2) is 14.4 Å². The van der Waals surface area contributed by atoms with Crippen LogP contribution in [0.3, 0.4) is 0 Å². The SMILES string of the molecule is COc1ccccc1N1CCN(c2nccnc2SCC(=O)Nc2ccccc2F)CC1. The van der Waals surface area contributed by atoms with E-state index in [0.29, 0.717) is 5.03 Å². The van der Waals surface area contributed by atoms with Gasteiger partial charge in [0.15, 0.2) is 5.82 Å². The van der Waals surface area contributed by atoms with Crippen molar-refractivity contribution in [2.75, 3.05) is 54.2 Å². The van der Waals surface area contributed by atoms with Crippen LogP contribution < -0.4 is 19.9 Å². The molecule has 0 bridgehead atoms. The summed E-state index contributed by atoms with van der Waals surface area (Å²) in [6.45, 7) is 3.17. The number of anilines is 3. The fourth-order valence-corrected chi connectivity index (χ4v) is 4.36. The molecule has 2 aromatic carbocycles. The predicted octanol–water partition coefficient (Wildman–Crippen LogP) is 3.68. The van der Waals surface area contributed by atoms with E-state index < -0.39 is 5.82 Å². The summed E-state index contributed by atoms with van der Waals surface area (Å²) in [7, 11) is 1.68. The third-order valence-electron chi connectivity index (χ3n) is 5.14. The summed E-state index contributed by atoms with van der Waals surface area (Å²) in [6.07, 6.45) is 3.27. The maximum absolute atomic E-state index is 13.8. The van der Waals surface area contributed by atoms with Crippen molar-refractivity contribution < 1.29 is 13.9 Å². The summed E-state index contributed by atoms with van der Waals surface area (Å²) in [5.74, 6) is 0.978. The van der Waals surface area contributed by atoms with Gasteiger partial charge in [-0.2, -0.15) is 0 Å². The van der Waals surface area contributed by atoms with Crippen LogP contribution >= 0.6 is 11.8 Å². The summed E-state index contributed by atoms with van der Waals surface area (Å²) in [6, 6.07) is 14.1. The van der Waals surface area contributed by atoms with Crippen molar-refractivity contribution in [2.45, 2.75) is 5.03 Å². The molecule has 0 atom stereocenters. The zero-order valence-corrected chi connectivity index (χ0v) is 18.5. The molecule has 1 amide bonds. The van der Waals surface area contributed by atoms with E-state index in [0.717, 1.165) is 43.4 Å². The highest BCUT2D eigenvalue weighted by atomic mass is 32.2. The van der Waals surface area contributed by atoms with E-state index in [1.54, 1.807) is 31.6 Å². The van der Waals surface area contributed by atoms with E-state index in [1.807, 2.05) is 18.2 Å². The molecule has 0 radical (unpaired) electrons. The van der Waals surface area contributed by atoms with Gasteiger partial charge in [0.2, 0.25) is 5.91 Å². The van der Waals surface area contributed by atoms with Crippen molar-refractivity contribution in [1.29, 1.82) is 0 Å². The van der Waals surface area contributed by atoms with E-state index in [-0.39, 0.29) is 17.3 Å². The molecule has 0 unspecified atom stereocenters. The minimum absolute atomic E-state index is 0.112. The lowest BCUT2D eigenvalue weighted by molar-refractivity contribution is -0.113. The summed E-state index contributed by atoms with van der Waals surface area (Å²) >= 11 is 1.29. The number of para-hydroxylation sites is 3. The summed E-state index contributed by atoms with van der Waals surface area (Å²) in [5, 5.41) is 3.28. The summed E-state index contributed by atoms with van der Waals surface area (Å²) in [5.41, 5.74) is 1.25.